The molecule has 0 saturated carbocycles. The lowest BCUT2D eigenvalue weighted by Crippen LogP contribution is -2.11. The number of carbonyl (C=O) groups is 1. The van der Waals surface area contributed by atoms with Crippen LogP contribution in [0.4, 0.5) is 0 Å². The quantitative estimate of drug-likeness (QED) is 0.788. The highest BCUT2D eigenvalue weighted by atomic mass is 16.1. The van der Waals surface area contributed by atoms with Gasteiger partial charge in [-0.15, -0.1) is 0 Å². The highest BCUT2D eigenvalue weighted by Gasteiger charge is 2.06. The Kier molecular flexibility index (Phi) is 4.48. The normalized spacial score (nSPS) is 10.7. The average Bonchev–Trinajstić information content (AvgIpc) is 2.39. The Morgan fingerprint density at radius 2 is 1.89 bits per heavy atom. The minimum Gasteiger partial charge on any atom is -0.320 e. The number of fused-ring (bicyclic) bond motifs is 1. The highest BCUT2D eigenvalue weighted by molar-refractivity contribution is 5.90. The fourth-order valence-corrected chi connectivity index (χ4v) is 2.21. The first-order chi connectivity index (χ1) is 8.81. The molecule has 2 heteroatoms. The van der Waals surface area contributed by atoms with Gasteiger partial charge in [0.1, 0.15) is 5.78 Å². The summed E-state index contributed by atoms with van der Waals surface area (Å²) >= 11 is 0. The van der Waals surface area contributed by atoms with Crippen molar-refractivity contribution in [2.45, 2.75) is 19.3 Å². The lowest BCUT2D eigenvalue weighted by molar-refractivity contribution is -0.118. The van der Waals surface area contributed by atoms with Gasteiger partial charge in [-0.25, -0.2) is 0 Å². The molecule has 0 aliphatic heterocycles. The molecule has 0 heterocycles. The van der Waals surface area contributed by atoms with E-state index in [4.69, 9.17) is 0 Å². The molecule has 0 saturated heterocycles. The molecule has 0 amide bonds. The van der Waals surface area contributed by atoms with Gasteiger partial charge < -0.3 is 5.32 Å². The molecule has 0 spiro atoms. The number of Topliss-reactive ketones (excluding diaryl/α,β-unsaturated/α-hetero) is 1. The van der Waals surface area contributed by atoms with Gasteiger partial charge in [-0.2, -0.15) is 0 Å². The van der Waals surface area contributed by atoms with Crippen molar-refractivity contribution in [3.63, 3.8) is 0 Å². The third-order valence-electron chi connectivity index (χ3n) is 3.15. The lowest BCUT2D eigenvalue weighted by atomic mass is 9.99. The SMILES string of the molecule is CNCCCC(=O)Cc1cccc2ccccc12. The molecular formula is C16H19NO. The molecule has 0 aliphatic rings. The number of benzene rings is 2. The summed E-state index contributed by atoms with van der Waals surface area (Å²) in [6, 6.07) is 14.4. The predicted molar refractivity (Wildman–Crippen MR) is 75.8 cm³/mol. The van der Waals surface area contributed by atoms with Gasteiger partial charge in [-0.3, -0.25) is 4.79 Å². The zero-order chi connectivity index (χ0) is 12.8. The van der Waals surface area contributed by atoms with Crippen molar-refractivity contribution in [2.75, 3.05) is 13.6 Å². The van der Waals surface area contributed by atoms with Crippen LogP contribution in [0.15, 0.2) is 42.5 Å². The second-order valence-electron chi connectivity index (χ2n) is 4.56. The Labute approximate surface area is 108 Å². The van der Waals surface area contributed by atoms with Gasteiger partial charge in [0.2, 0.25) is 0 Å². The van der Waals surface area contributed by atoms with Crippen LogP contribution in [0.1, 0.15) is 18.4 Å². The zero-order valence-corrected chi connectivity index (χ0v) is 10.8. The van der Waals surface area contributed by atoms with Crippen LogP contribution in [0.3, 0.4) is 0 Å². The van der Waals surface area contributed by atoms with Gasteiger partial charge in [0.05, 0.1) is 0 Å². The molecule has 0 bridgehead atoms. The summed E-state index contributed by atoms with van der Waals surface area (Å²) in [6.07, 6.45) is 2.12. The molecule has 0 fully saturated rings. The third-order valence-corrected chi connectivity index (χ3v) is 3.15. The molecule has 2 aromatic carbocycles. The van der Waals surface area contributed by atoms with E-state index in [9.17, 15) is 4.79 Å². The first-order valence-corrected chi connectivity index (χ1v) is 6.44. The predicted octanol–water partition coefficient (Wildman–Crippen LogP) is 2.95. The number of nitrogens with one attached hydrogen (secondary N) is 1. The molecule has 2 aromatic rings. The Hall–Kier alpha value is -1.67. The van der Waals surface area contributed by atoms with E-state index in [-0.39, 0.29) is 0 Å². The van der Waals surface area contributed by atoms with E-state index in [1.807, 2.05) is 25.2 Å². The van der Waals surface area contributed by atoms with Crippen LogP contribution in [0.25, 0.3) is 10.8 Å². The Morgan fingerprint density at radius 1 is 1.11 bits per heavy atom. The Bertz CT molecular complexity index is 528. The van der Waals surface area contributed by atoms with E-state index in [0.29, 0.717) is 18.6 Å². The van der Waals surface area contributed by atoms with Crippen LogP contribution in [0.2, 0.25) is 0 Å². The fourth-order valence-electron chi connectivity index (χ4n) is 2.21. The molecule has 0 aliphatic carbocycles. The summed E-state index contributed by atoms with van der Waals surface area (Å²) in [5, 5.41) is 5.47. The van der Waals surface area contributed by atoms with Gasteiger partial charge in [-0.1, -0.05) is 42.5 Å². The van der Waals surface area contributed by atoms with E-state index < -0.39 is 0 Å². The second kappa shape index (κ2) is 6.31. The molecule has 94 valence electrons. The van der Waals surface area contributed by atoms with Crippen LogP contribution < -0.4 is 5.32 Å². The number of carbonyl (C=O) groups excluding carboxylic acids is 1. The minimum absolute atomic E-state index is 0.321. The number of hydrogen-bond donors (Lipinski definition) is 1. The van der Waals surface area contributed by atoms with Gasteiger partial charge in [0, 0.05) is 12.8 Å². The van der Waals surface area contributed by atoms with Gasteiger partial charge in [0.15, 0.2) is 0 Å². The standard InChI is InChI=1S/C16H19NO/c1-17-11-5-9-15(18)12-14-8-4-7-13-6-2-3-10-16(13)14/h2-4,6-8,10,17H,5,9,11-12H2,1H3. The first-order valence-electron chi connectivity index (χ1n) is 6.44. The lowest BCUT2D eigenvalue weighted by Gasteiger charge is -2.06. The molecule has 0 unspecified atom stereocenters. The highest BCUT2D eigenvalue weighted by Crippen LogP contribution is 2.19. The van der Waals surface area contributed by atoms with Gasteiger partial charge >= 0.3 is 0 Å². The average molecular weight is 241 g/mol. The van der Waals surface area contributed by atoms with Crippen molar-refractivity contribution in [1.29, 1.82) is 0 Å². The summed E-state index contributed by atoms with van der Waals surface area (Å²) in [5.41, 5.74) is 1.14. The maximum Gasteiger partial charge on any atom is 0.137 e. The van der Waals surface area contributed by atoms with Crippen molar-refractivity contribution in [3.8, 4) is 0 Å². The summed E-state index contributed by atoms with van der Waals surface area (Å²) < 4.78 is 0. The second-order valence-corrected chi connectivity index (χ2v) is 4.56. The molecular weight excluding hydrogens is 222 g/mol. The topological polar surface area (TPSA) is 29.1 Å². The number of rotatable bonds is 6. The van der Waals surface area contributed by atoms with Gasteiger partial charge in [-0.05, 0) is 36.3 Å². The van der Waals surface area contributed by atoms with E-state index in [1.54, 1.807) is 0 Å². The molecule has 18 heavy (non-hydrogen) atoms. The van der Waals surface area contributed by atoms with Crippen molar-refractivity contribution in [3.05, 3.63) is 48.0 Å². The molecule has 0 radical (unpaired) electrons. The number of hydrogen-bond acceptors (Lipinski definition) is 2. The Balaban J connectivity index is 2.09. The molecule has 2 nitrogen and oxygen atoms in total. The minimum atomic E-state index is 0.321. The van der Waals surface area contributed by atoms with Crippen LogP contribution in [0.5, 0.6) is 0 Å². The van der Waals surface area contributed by atoms with Crippen molar-refractivity contribution < 1.29 is 4.79 Å². The summed E-state index contributed by atoms with van der Waals surface area (Å²) in [5.74, 6) is 0.321. The Morgan fingerprint density at radius 3 is 2.72 bits per heavy atom. The smallest absolute Gasteiger partial charge is 0.137 e. The molecule has 2 rings (SSSR count). The van der Waals surface area contributed by atoms with Crippen molar-refractivity contribution in [1.82, 2.24) is 5.32 Å². The summed E-state index contributed by atoms with van der Waals surface area (Å²) in [7, 11) is 1.91. The van der Waals surface area contributed by atoms with Crippen LogP contribution in [-0.2, 0) is 11.2 Å². The van der Waals surface area contributed by atoms with E-state index >= 15 is 0 Å². The number of ketones is 1. The van der Waals surface area contributed by atoms with Crippen LogP contribution in [-0.4, -0.2) is 19.4 Å². The van der Waals surface area contributed by atoms with E-state index in [1.165, 1.54) is 10.8 Å². The van der Waals surface area contributed by atoms with Crippen molar-refractivity contribution >= 4 is 16.6 Å². The third kappa shape index (κ3) is 3.17. The molecule has 0 atom stereocenters. The monoisotopic (exact) mass is 241 g/mol. The largest absolute Gasteiger partial charge is 0.320 e. The molecule has 1 N–H and O–H groups in total. The van der Waals surface area contributed by atoms with Gasteiger partial charge in [0.25, 0.3) is 0 Å². The maximum atomic E-state index is 11.9. The molecule has 0 aromatic heterocycles. The summed E-state index contributed by atoms with van der Waals surface area (Å²) in [6.45, 7) is 0.904. The summed E-state index contributed by atoms with van der Waals surface area (Å²) in [4.78, 5) is 11.9. The maximum absolute atomic E-state index is 11.9. The first kappa shape index (κ1) is 12.8. The van der Waals surface area contributed by atoms with E-state index in [0.717, 1.165) is 18.5 Å². The van der Waals surface area contributed by atoms with Crippen LogP contribution >= 0.6 is 0 Å². The van der Waals surface area contributed by atoms with E-state index in [2.05, 4.69) is 29.6 Å². The zero-order valence-electron chi connectivity index (χ0n) is 10.8. The fraction of sp³-hybridized carbons (Fsp3) is 0.312. The van der Waals surface area contributed by atoms with Crippen LogP contribution in [0, 0.1) is 0 Å². The van der Waals surface area contributed by atoms with Crippen molar-refractivity contribution in [2.24, 2.45) is 0 Å².